The van der Waals surface area contributed by atoms with Crippen LogP contribution in [0.2, 0.25) is 0 Å². The molecule has 0 atom stereocenters. The molecule has 0 saturated heterocycles. The molecule has 0 aliphatic carbocycles. The summed E-state index contributed by atoms with van der Waals surface area (Å²) in [5.74, 6) is 0. The molecule has 0 radical (unpaired) electrons. The molecule has 0 aliphatic heterocycles. The highest BCUT2D eigenvalue weighted by Crippen LogP contribution is 2.30. The summed E-state index contributed by atoms with van der Waals surface area (Å²) < 4.78 is 30.9. The zero-order chi connectivity index (χ0) is 20.9. The Hall–Kier alpha value is -3.31. The minimum Gasteiger partial charge on any atom is -0.350 e. The zero-order valence-corrected chi connectivity index (χ0v) is 17.7. The third kappa shape index (κ3) is 2.94. The van der Waals surface area contributed by atoms with Crippen LogP contribution in [-0.4, -0.2) is 17.0 Å². The lowest BCUT2D eigenvalue weighted by Gasteiger charge is -2.12. The van der Waals surface area contributed by atoms with Crippen molar-refractivity contribution in [2.45, 2.75) is 18.2 Å². The van der Waals surface area contributed by atoms with Gasteiger partial charge in [0.25, 0.3) is 10.0 Å². The lowest BCUT2D eigenvalue weighted by Crippen LogP contribution is -2.16. The van der Waals surface area contributed by atoms with Crippen molar-refractivity contribution in [3.05, 3.63) is 102 Å². The van der Waals surface area contributed by atoms with E-state index in [1.807, 2.05) is 68.6 Å². The summed E-state index contributed by atoms with van der Waals surface area (Å²) in [5.41, 5.74) is 4.73. The molecule has 5 aromatic rings. The molecule has 0 bridgehead atoms. The standard InChI is InChI=1S/C25H22N2O2S/c1-18-11-13-22(14-12-18)30(28,29)27-21(15-19-7-3-5-9-24(19)27)16-20-17-26(2)25-10-6-4-8-23(20)25/h3-15,17H,16H2,1-2H3. The summed E-state index contributed by atoms with van der Waals surface area (Å²) >= 11 is 0. The third-order valence-electron chi connectivity index (χ3n) is 5.65. The molecule has 0 aliphatic rings. The highest BCUT2D eigenvalue weighted by molar-refractivity contribution is 7.90. The largest absolute Gasteiger partial charge is 0.350 e. The molecule has 5 rings (SSSR count). The Balaban J connectivity index is 1.72. The Kier molecular flexibility index (Phi) is 4.29. The Morgan fingerprint density at radius 2 is 1.50 bits per heavy atom. The maximum absolute atomic E-state index is 13.7. The van der Waals surface area contributed by atoms with Crippen LogP contribution in [0.4, 0.5) is 0 Å². The van der Waals surface area contributed by atoms with E-state index in [2.05, 4.69) is 22.9 Å². The Morgan fingerprint density at radius 1 is 0.833 bits per heavy atom. The molecule has 2 aromatic heterocycles. The molecule has 0 unspecified atom stereocenters. The molecule has 0 spiro atoms. The van der Waals surface area contributed by atoms with Crippen molar-refractivity contribution in [3.8, 4) is 0 Å². The number of hydrogen-bond acceptors (Lipinski definition) is 2. The number of aryl methyl sites for hydroxylation is 2. The molecule has 150 valence electrons. The Labute approximate surface area is 176 Å². The van der Waals surface area contributed by atoms with E-state index in [0.29, 0.717) is 16.8 Å². The van der Waals surface area contributed by atoms with Crippen LogP contribution in [0.1, 0.15) is 16.8 Å². The van der Waals surface area contributed by atoms with Crippen molar-refractivity contribution in [1.29, 1.82) is 0 Å². The van der Waals surface area contributed by atoms with Gasteiger partial charge in [-0.2, -0.15) is 0 Å². The van der Waals surface area contributed by atoms with Crippen LogP contribution < -0.4 is 0 Å². The van der Waals surface area contributed by atoms with Crippen molar-refractivity contribution in [2.24, 2.45) is 7.05 Å². The molecule has 4 nitrogen and oxygen atoms in total. The van der Waals surface area contributed by atoms with E-state index in [9.17, 15) is 8.42 Å². The fourth-order valence-corrected chi connectivity index (χ4v) is 5.71. The first-order valence-corrected chi connectivity index (χ1v) is 11.3. The van der Waals surface area contributed by atoms with Gasteiger partial charge in [-0.1, -0.05) is 54.1 Å². The predicted molar refractivity (Wildman–Crippen MR) is 121 cm³/mol. The average molecular weight is 415 g/mol. The minimum absolute atomic E-state index is 0.300. The van der Waals surface area contributed by atoms with Gasteiger partial charge in [-0.15, -0.1) is 0 Å². The SMILES string of the molecule is Cc1ccc(S(=O)(=O)n2c(Cc3cn(C)c4ccccc34)cc3ccccc32)cc1. The van der Waals surface area contributed by atoms with E-state index in [1.165, 1.54) is 3.97 Å². The van der Waals surface area contributed by atoms with E-state index in [0.717, 1.165) is 33.1 Å². The van der Waals surface area contributed by atoms with Crippen molar-refractivity contribution in [1.82, 2.24) is 8.54 Å². The van der Waals surface area contributed by atoms with E-state index < -0.39 is 10.0 Å². The van der Waals surface area contributed by atoms with E-state index in [4.69, 9.17) is 0 Å². The first-order valence-electron chi connectivity index (χ1n) is 9.90. The molecule has 0 N–H and O–H groups in total. The van der Waals surface area contributed by atoms with Gasteiger partial charge in [-0.25, -0.2) is 12.4 Å². The molecule has 0 amide bonds. The number of hydrogen-bond donors (Lipinski definition) is 0. The highest BCUT2D eigenvalue weighted by atomic mass is 32.2. The molecule has 2 heterocycles. The highest BCUT2D eigenvalue weighted by Gasteiger charge is 2.23. The van der Waals surface area contributed by atoms with Gasteiger partial charge < -0.3 is 4.57 Å². The van der Waals surface area contributed by atoms with Crippen LogP contribution in [0.5, 0.6) is 0 Å². The number of fused-ring (bicyclic) bond motifs is 2. The van der Waals surface area contributed by atoms with E-state index in [-0.39, 0.29) is 0 Å². The molecule has 0 saturated carbocycles. The number of nitrogens with zero attached hydrogens (tertiary/aromatic N) is 2. The van der Waals surface area contributed by atoms with Crippen LogP contribution in [0.25, 0.3) is 21.8 Å². The number of para-hydroxylation sites is 2. The van der Waals surface area contributed by atoms with Gasteiger partial charge in [-0.3, -0.25) is 0 Å². The summed E-state index contributed by atoms with van der Waals surface area (Å²) in [6.45, 7) is 1.95. The van der Waals surface area contributed by atoms with Crippen molar-refractivity contribution in [2.75, 3.05) is 0 Å². The molecule has 0 fully saturated rings. The molecule has 5 heteroatoms. The van der Waals surface area contributed by atoms with Gasteiger partial charge in [0.15, 0.2) is 0 Å². The molecule has 30 heavy (non-hydrogen) atoms. The number of aromatic nitrogens is 2. The summed E-state index contributed by atoms with van der Waals surface area (Å²) in [6.07, 6.45) is 2.62. The molecular weight excluding hydrogens is 392 g/mol. The zero-order valence-electron chi connectivity index (χ0n) is 16.9. The normalized spacial score (nSPS) is 12.1. The lowest BCUT2D eigenvalue weighted by atomic mass is 10.1. The van der Waals surface area contributed by atoms with Crippen molar-refractivity contribution in [3.63, 3.8) is 0 Å². The fourth-order valence-electron chi connectivity index (χ4n) is 4.17. The maximum atomic E-state index is 13.7. The average Bonchev–Trinajstić information content (AvgIpc) is 3.26. The third-order valence-corrected chi connectivity index (χ3v) is 7.43. The molecule has 3 aromatic carbocycles. The number of rotatable bonds is 4. The summed E-state index contributed by atoms with van der Waals surface area (Å²) in [7, 11) is -1.71. The topological polar surface area (TPSA) is 44.0 Å². The second-order valence-electron chi connectivity index (χ2n) is 7.74. The Morgan fingerprint density at radius 3 is 2.27 bits per heavy atom. The monoisotopic (exact) mass is 414 g/mol. The Bertz CT molecular complexity index is 1490. The second kappa shape index (κ2) is 6.89. The van der Waals surface area contributed by atoms with Crippen LogP contribution in [0.3, 0.4) is 0 Å². The fraction of sp³-hybridized carbons (Fsp3) is 0.120. The van der Waals surface area contributed by atoms with Gasteiger partial charge in [0, 0.05) is 41.6 Å². The first kappa shape index (κ1) is 18.7. The lowest BCUT2D eigenvalue weighted by molar-refractivity contribution is 0.587. The van der Waals surface area contributed by atoms with Crippen LogP contribution in [0.15, 0.2) is 90.0 Å². The maximum Gasteiger partial charge on any atom is 0.268 e. The van der Waals surface area contributed by atoms with Gasteiger partial charge in [-0.05, 0) is 42.8 Å². The van der Waals surface area contributed by atoms with Gasteiger partial charge in [0.1, 0.15) is 0 Å². The van der Waals surface area contributed by atoms with Crippen LogP contribution in [-0.2, 0) is 23.5 Å². The van der Waals surface area contributed by atoms with E-state index in [1.54, 1.807) is 12.1 Å². The minimum atomic E-state index is -3.73. The smallest absolute Gasteiger partial charge is 0.268 e. The predicted octanol–water partition coefficient (Wildman–Crippen LogP) is 5.27. The molecular formula is C25H22N2O2S. The van der Waals surface area contributed by atoms with Crippen molar-refractivity contribution >= 4 is 31.8 Å². The van der Waals surface area contributed by atoms with Gasteiger partial charge in [0.05, 0.1) is 10.4 Å². The number of benzene rings is 3. The quantitative estimate of drug-likeness (QED) is 0.402. The first-order chi connectivity index (χ1) is 14.4. The van der Waals surface area contributed by atoms with Gasteiger partial charge >= 0.3 is 0 Å². The van der Waals surface area contributed by atoms with Crippen LogP contribution >= 0.6 is 0 Å². The second-order valence-corrected chi connectivity index (χ2v) is 9.52. The van der Waals surface area contributed by atoms with Crippen molar-refractivity contribution < 1.29 is 8.42 Å². The summed E-state index contributed by atoms with van der Waals surface area (Å²) in [4.78, 5) is 0.300. The van der Waals surface area contributed by atoms with Crippen LogP contribution in [0, 0.1) is 6.92 Å². The summed E-state index contributed by atoms with van der Waals surface area (Å²) in [6, 6.07) is 24.9. The summed E-state index contributed by atoms with van der Waals surface area (Å²) in [5, 5.41) is 2.06. The van der Waals surface area contributed by atoms with Gasteiger partial charge in [0.2, 0.25) is 0 Å². The van der Waals surface area contributed by atoms with E-state index >= 15 is 0 Å².